The van der Waals surface area contributed by atoms with Crippen molar-refractivity contribution in [2.75, 3.05) is 0 Å². The molecule has 19 unspecified atom stereocenters. The Morgan fingerprint density at radius 2 is 1.60 bits per heavy atom. The van der Waals surface area contributed by atoms with E-state index in [4.69, 9.17) is 33.4 Å². The fourth-order valence-electron chi connectivity index (χ4n) is 14.4. The fraction of sp³-hybridized carbons (Fsp3) is 0.694. The second kappa shape index (κ2) is 23.9. The SMILES string of the molecule is CCC(C(=O)[O-])C1CCC(C)C(C(C)C(O)C(C)C(=O)C(CC)C2OC3(C=CC(O)C4(CCC(C)(C5CCC(O)(CC)C(C)O5)O4)O3)C(C)CC2C)O1.CCC1(O)C(=O)OCc2c1cc1n(c2=O)Cc2cc3ccccc3nc2-1.[Na+]. The number of carbonyl (C=O) groups is 3. The van der Waals surface area contributed by atoms with Crippen molar-refractivity contribution in [1.29, 1.82) is 0 Å². The van der Waals surface area contributed by atoms with E-state index in [2.05, 4.69) is 20.8 Å². The zero-order chi connectivity index (χ0) is 57.3. The number of para-hydroxylation sites is 1. The summed E-state index contributed by atoms with van der Waals surface area (Å²) in [4.78, 5) is 56.1. The van der Waals surface area contributed by atoms with Crippen molar-refractivity contribution in [3.8, 4) is 11.4 Å². The van der Waals surface area contributed by atoms with Gasteiger partial charge in [-0.05, 0) is 120 Å². The molecule has 4 N–H and O–H groups in total. The maximum absolute atomic E-state index is 14.4. The third-order valence-corrected chi connectivity index (χ3v) is 19.8. The molecule has 434 valence electrons. The molecule has 4 saturated heterocycles. The second-order valence-corrected chi connectivity index (χ2v) is 24.7. The topological polar surface area (TPSA) is 245 Å². The van der Waals surface area contributed by atoms with Gasteiger partial charge in [0.25, 0.3) is 5.56 Å². The van der Waals surface area contributed by atoms with Crippen molar-refractivity contribution < 1.29 is 97.9 Å². The summed E-state index contributed by atoms with van der Waals surface area (Å²) >= 11 is 0. The Balaban J connectivity index is 0.000000258. The van der Waals surface area contributed by atoms with Gasteiger partial charge in [0.1, 0.15) is 18.5 Å². The molecule has 0 radical (unpaired) electrons. The van der Waals surface area contributed by atoms with Crippen molar-refractivity contribution >= 4 is 28.6 Å². The predicted molar refractivity (Wildman–Crippen MR) is 291 cm³/mol. The van der Waals surface area contributed by atoms with E-state index in [0.717, 1.165) is 28.6 Å². The molecule has 80 heavy (non-hydrogen) atoms. The van der Waals surface area contributed by atoms with Crippen LogP contribution in [0.25, 0.3) is 22.3 Å². The van der Waals surface area contributed by atoms with Crippen LogP contribution in [-0.4, -0.2) is 113 Å². The van der Waals surface area contributed by atoms with Gasteiger partial charge in [0.05, 0.1) is 76.8 Å². The molecule has 1 aromatic carbocycles. The number of aliphatic hydroxyl groups is 4. The average Bonchev–Trinajstić information content (AvgIpc) is 4.10. The number of aromatic nitrogens is 2. The van der Waals surface area contributed by atoms with Gasteiger partial charge in [-0.2, -0.15) is 0 Å². The average molecular weight is 1120 g/mol. The monoisotopic (exact) mass is 1120 g/mol. The van der Waals surface area contributed by atoms with E-state index in [0.29, 0.717) is 81.2 Å². The number of pyridine rings is 2. The third-order valence-electron chi connectivity index (χ3n) is 19.8. The predicted octanol–water partition coefficient (Wildman–Crippen LogP) is 3.94. The van der Waals surface area contributed by atoms with Crippen LogP contribution in [0, 0.1) is 41.4 Å². The van der Waals surface area contributed by atoms with Gasteiger partial charge in [-0.3, -0.25) is 9.59 Å². The van der Waals surface area contributed by atoms with E-state index in [-0.39, 0.29) is 83.9 Å². The molecule has 4 fully saturated rings. The van der Waals surface area contributed by atoms with E-state index in [1.165, 1.54) is 0 Å². The van der Waals surface area contributed by atoms with Crippen LogP contribution >= 0.6 is 0 Å². The number of ether oxygens (including phenoxy) is 6. The number of benzene rings is 1. The van der Waals surface area contributed by atoms with Crippen LogP contribution in [0.5, 0.6) is 0 Å². The molecule has 0 amide bonds. The summed E-state index contributed by atoms with van der Waals surface area (Å²) in [7, 11) is 0. The van der Waals surface area contributed by atoms with E-state index in [9.17, 15) is 44.7 Å². The van der Waals surface area contributed by atoms with Gasteiger partial charge >= 0.3 is 35.5 Å². The molecular formula is C62H85N2NaO15. The van der Waals surface area contributed by atoms with Gasteiger partial charge in [0, 0.05) is 58.5 Å². The Morgan fingerprint density at radius 1 is 0.887 bits per heavy atom. The molecule has 2 spiro atoms. The number of carbonyl (C=O) groups excluding carboxylic acids is 3. The zero-order valence-corrected chi connectivity index (χ0v) is 51.1. The molecule has 0 bridgehead atoms. The van der Waals surface area contributed by atoms with Crippen LogP contribution in [0.1, 0.15) is 163 Å². The standard InChI is InChI=1S/C42H70O11.C20H16N2O4.Na/c1-11-29(38(46)47)31-15-14-23(4)36(50-31)27(8)34(44)26(7)35(45)30(12-2)37-24(5)22-25(6)41(51-37)19-16-32(43)42(53-41)21-20-39(10,52-42)33-17-18-40(48,13-3)28(9)49-33;1-2-20(25)14-8-16-17-12(7-11-5-3-4-6-15(11)21-17)9-22(16)18(23)13(14)10-26-19(20)24;/h16,19,23-34,36-37,43-44,48H,11-15,17-18,20-22H2,1-10H3,(H,46,47);3-8,25H,2,9-10H2,1H3;/q;;+1/p-1. The first-order valence-corrected chi connectivity index (χ1v) is 29.3. The van der Waals surface area contributed by atoms with Gasteiger partial charge in [-0.15, -0.1) is 0 Å². The first kappa shape index (κ1) is 62.6. The molecule has 0 saturated carbocycles. The number of Topliss-reactive ketones (excluding diaryl/α,β-unsaturated/α-hetero) is 1. The third kappa shape index (κ3) is 11.0. The zero-order valence-electron chi connectivity index (χ0n) is 49.1. The molecule has 10 rings (SSSR count). The smallest absolute Gasteiger partial charge is 0.550 e. The van der Waals surface area contributed by atoms with Crippen LogP contribution < -0.4 is 40.2 Å². The number of cyclic esters (lactones) is 1. The van der Waals surface area contributed by atoms with Crippen molar-refractivity contribution in [1.82, 2.24) is 9.55 Å². The summed E-state index contributed by atoms with van der Waals surface area (Å²) in [5.74, 6) is -6.94. The minimum absolute atomic E-state index is 0. The van der Waals surface area contributed by atoms with Gasteiger partial charge in [0.15, 0.2) is 11.4 Å². The molecule has 19 atom stereocenters. The number of carboxylic acids is 1. The van der Waals surface area contributed by atoms with Gasteiger partial charge in [-0.1, -0.05) is 80.5 Å². The number of aliphatic hydroxyl groups excluding tert-OH is 2. The van der Waals surface area contributed by atoms with E-state index in [1.807, 2.05) is 71.9 Å². The second-order valence-electron chi connectivity index (χ2n) is 24.7. The van der Waals surface area contributed by atoms with Gasteiger partial charge in [-0.25, -0.2) is 9.78 Å². The van der Waals surface area contributed by atoms with Crippen LogP contribution in [0.3, 0.4) is 0 Å². The summed E-state index contributed by atoms with van der Waals surface area (Å²) < 4.78 is 40.1. The Bertz CT molecular complexity index is 2880. The first-order valence-electron chi connectivity index (χ1n) is 29.3. The summed E-state index contributed by atoms with van der Waals surface area (Å²) in [6.45, 7) is 21.5. The van der Waals surface area contributed by atoms with Crippen LogP contribution in [0.4, 0.5) is 0 Å². The molecule has 0 aliphatic carbocycles. The largest absolute Gasteiger partial charge is 1.00 e. The number of ketones is 1. The number of aliphatic carboxylic acids is 1. The molecule has 7 aliphatic rings. The number of hydrogen-bond donors (Lipinski definition) is 4. The van der Waals surface area contributed by atoms with Crippen molar-refractivity contribution in [2.24, 2.45) is 41.4 Å². The summed E-state index contributed by atoms with van der Waals surface area (Å²) in [6.07, 6.45) is 5.36. The van der Waals surface area contributed by atoms with Crippen molar-refractivity contribution in [2.45, 2.75) is 231 Å². The number of fused-ring (bicyclic) bond motifs is 5. The first-order chi connectivity index (χ1) is 37.3. The van der Waals surface area contributed by atoms with Crippen LogP contribution in [0.2, 0.25) is 0 Å². The minimum Gasteiger partial charge on any atom is -0.550 e. The van der Waals surface area contributed by atoms with Gasteiger partial charge < -0.3 is 63.3 Å². The Labute approximate surface area is 492 Å². The molecule has 17 nitrogen and oxygen atoms in total. The summed E-state index contributed by atoms with van der Waals surface area (Å²) in [5, 5.41) is 57.8. The molecular weight excluding hydrogens is 1040 g/mol. The molecule has 9 heterocycles. The van der Waals surface area contributed by atoms with Gasteiger partial charge in [0.2, 0.25) is 5.79 Å². The number of nitrogens with zero attached hydrogens (tertiary/aromatic N) is 2. The molecule has 18 heteroatoms. The molecule has 2 aromatic heterocycles. The molecule has 7 aliphatic heterocycles. The Hall–Kier alpha value is -3.43. The molecule has 3 aromatic rings. The van der Waals surface area contributed by atoms with E-state index >= 15 is 0 Å². The quantitative estimate of drug-likeness (QED) is 0.0842. The fourth-order valence-corrected chi connectivity index (χ4v) is 14.4. The Morgan fingerprint density at radius 3 is 2.26 bits per heavy atom. The number of rotatable bonds is 13. The summed E-state index contributed by atoms with van der Waals surface area (Å²) in [5.41, 5.74) is 0.178. The van der Waals surface area contributed by atoms with Crippen LogP contribution in [-0.2, 0) is 61.6 Å². The maximum atomic E-state index is 14.4. The Kier molecular flexibility index (Phi) is 18.7. The minimum atomic E-state index is -1.79. The normalized spacial score (nSPS) is 37.2. The van der Waals surface area contributed by atoms with E-state index in [1.54, 1.807) is 36.6 Å². The maximum Gasteiger partial charge on any atom is 1.00 e. The van der Waals surface area contributed by atoms with E-state index < -0.39 is 94.5 Å². The number of esters is 1. The van der Waals surface area contributed by atoms with Crippen LogP contribution in [0.15, 0.2) is 53.3 Å². The number of carboxylic acid groups (broad SMARTS) is 1. The summed E-state index contributed by atoms with van der Waals surface area (Å²) in [6, 6.07) is 11.6. The van der Waals surface area contributed by atoms with Crippen molar-refractivity contribution in [3.05, 3.63) is 75.6 Å². The van der Waals surface area contributed by atoms with Crippen molar-refractivity contribution in [3.63, 3.8) is 0 Å². The number of hydrogen-bond acceptors (Lipinski definition) is 16.